The van der Waals surface area contributed by atoms with E-state index in [1.165, 1.54) is 10.9 Å². The summed E-state index contributed by atoms with van der Waals surface area (Å²) in [4.78, 5) is 28.7. The van der Waals surface area contributed by atoms with Crippen LogP contribution in [0.4, 0.5) is 5.95 Å². The number of hydrogen-bond acceptors (Lipinski definition) is 9. The Labute approximate surface area is 157 Å². The quantitative estimate of drug-likeness (QED) is 0.299. The third kappa shape index (κ3) is 4.04. The summed E-state index contributed by atoms with van der Waals surface area (Å²) in [5.41, 5.74) is 5.60. The molecule has 24 heavy (non-hydrogen) atoms. The summed E-state index contributed by atoms with van der Waals surface area (Å²) in [7, 11) is -4.67. The van der Waals surface area contributed by atoms with E-state index in [1.54, 1.807) is 0 Å². The van der Waals surface area contributed by atoms with E-state index in [0.717, 1.165) is 0 Å². The van der Waals surface area contributed by atoms with Crippen LogP contribution in [-0.4, -0.2) is 53.2 Å². The molecule has 0 aromatic carbocycles. The van der Waals surface area contributed by atoms with Crippen molar-refractivity contribution in [2.24, 2.45) is 0 Å². The summed E-state index contributed by atoms with van der Waals surface area (Å²) < 4.78 is 21.9. The molecule has 3 atom stereocenters. The van der Waals surface area contributed by atoms with E-state index in [2.05, 4.69) is 19.5 Å². The number of ether oxygens (including phenoxy) is 1. The molecule has 0 bridgehead atoms. The molecule has 126 valence electrons. The molecule has 0 spiro atoms. The first-order chi connectivity index (χ1) is 10.7. The van der Waals surface area contributed by atoms with Crippen LogP contribution in [0, 0.1) is 0 Å². The van der Waals surface area contributed by atoms with Crippen molar-refractivity contribution in [3.63, 3.8) is 0 Å². The first kappa shape index (κ1) is 19.5. The normalized spacial score (nSPS) is 24.2. The molecule has 0 aliphatic carbocycles. The Hall–Kier alpha value is -0.820. The predicted octanol–water partition coefficient (Wildman–Crippen LogP) is -4.76. The van der Waals surface area contributed by atoms with E-state index < -0.39 is 38.7 Å². The van der Waals surface area contributed by atoms with Crippen LogP contribution in [0.5, 0.6) is 5.88 Å². The number of imidazole rings is 1. The number of nitrogens with zero attached hydrogens (tertiary/aromatic N) is 4. The van der Waals surface area contributed by atoms with Gasteiger partial charge in [0, 0.05) is 12.3 Å². The molecule has 1 aliphatic heterocycles. The zero-order chi connectivity index (χ0) is 16.8. The summed E-state index contributed by atoms with van der Waals surface area (Å²) in [5, 5.41) is 21.6. The van der Waals surface area contributed by atoms with Gasteiger partial charge in [0.25, 0.3) is 0 Å². The van der Waals surface area contributed by atoms with Gasteiger partial charge in [-0.3, -0.25) is 9.09 Å². The summed E-state index contributed by atoms with van der Waals surface area (Å²) in [6, 6.07) is 0. The summed E-state index contributed by atoms with van der Waals surface area (Å²) in [5.74, 6) is -0.852. The molecule has 0 unspecified atom stereocenters. The van der Waals surface area contributed by atoms with Crippen LogP contribution in [0.15, 0.2) is 6.33 Å². The number of aliphatic hydroxyl groups excluding tert-OH is 1. The molecule has 2 aromatic heterocycles. The van der Waals surface area contributed by atoms with Crippen molar-refractivity contribution in [1.29, 1.82) is 0 Å². The maximum Gasteiger partial charge on any atom is 1.00 e. The van der Waals surface area contributed by atoms with Crippen LogP contribution in [0.2, 0.25) is 0 Å². The van der Waals surface area contributed by atoms with E-state index in [9.17, 15) is 14.8 Å². The van der Waals surface area contributed by atoms with Crippen molar-refractivity contribution >= 4 is 24.9 Å². The van der Waals surface area contributed by atoms with Gasteiger partial charge in [-0.1, -0.05) is 0 Å². The predicted molar refractivity (Wildman–Crippen MR) is 71.7 cm³/mol. The van der Waals surface area contributed by atoms with Gasteiger partial charge in [0.15, 0.2) is 5.65 Å². The number of aliphatic hydroxyl groups is 1. The molecular formula is C10H13N5NaO7P. The van der Waals surface area contributed by atoms with E-state index in [4.69, 9.17) is 20.3 Å². The van der Waals surface area contributed by atoms with Crippen molar-refractivity contribution < 1.29 is 63.4 Å². The summed E-state index contributed by atoms with van der Waals surface area (Å²) in [6.45, 7) is -0.488. The number of phosphoric ester groups is 1. The van der Waals surface area contributed by atoms with Crippen molar-refractivity contribution in [3.05, 3.63) is 6.33 Å². The van der Waals surface area contributed by atoms with Crippen molar-refractivity contribution in [2.45, 2.75) is 24.9 Å². The molecule has 5 N–H and O–H groups in total. The molecule has 0 amide bonds. The number of fused-ring (bicyclic) bond motifs is 1. The third-order valence-electron chi connectivity index (χ3n) is 3.33. The molecule has 0 saturated carbocycles. The van der Waals surface area contributed by atoms with Gasteiger partial charge in [-0.05, 0) is 0 Å². The number of aromatic nitrogens is 4. The van der Waals surface area contributed by atoms with Gasteiger partial charge in [0.1, 0.15) is 17.8 Å². The maximum absolute atomic E-state index is 11.7. The Morgan fingerprint density at radius 2 is 2.21 bits per heavy atom. The van der Waals surface area contributed by atoms with Crippen LogP contribution in [0.3, 0.4) is 0 Å². The van der Waals surface area contributed by atoms with Crippen molar-refractivity contribution in [3.8, 4) is 5.88 Å². The van der Waals surface area contributed by atoms with Gasteiger partial charge in [-0.25, -0.2) is 14.5 Å². The summed E-state index contributed by atoms with van der Waals surface area (Å²) >= 11 is 0. The summed E-state index contributed by atoms with van der Waals surface area (Å²) in [6.07, 6.45) is -1.32. The van der Waals surface area contributed by atoms with Gasteiger partial charge < -0.3 is 30.5 Å². The fourth-order valence-electron chi connectivity index (χ4n) is 2.32. The number of nitrogens with two attached hydrogens (primary N) is 1. The molecule has 3 rings (SSSR count). The van der Waals surface area contributed by atoms with Gasteiger partial charge in [0.2, 0.25) is 5.95 Å². The van der Waals surface area contributed by atoms with Crippen LogP contribution < -0.4 is 40.4 Å². The van der Waals surface area contributed by atoms with Crippen LogP contribution in [0.1, 0.15) is 12.6 Å². The molecule has 3 heterocycles. The average Bonchev–Trinajstić information content (AvgIpc) is 2.99. The maximum atomic E-state index is 11.7. The average molecular weight is 369 g/mol. The first-order valence-corrected chi connectivity index (χ1v) is 7.98. The molecule has 0 radical (unpaired) electrons. The Morgan fingerprint density at radius 3 is 2.88 bits per heavy atom. The number of hydrogen-bond donors (Lipinski definition) is 4. The van der Waals surface area contributed by atoms with Crippen LogP contribution in [-0.2, 0) is 13.8 Å². The van der Waals surface area contributed by atoms with Gasteiger partial charge in [0.05, 0.1) is 19.0 Å². The Balaban J connectivity index is 0.00000208. The fraction of sp³-hybridized carbons (Fsp3) is 0.500. The standard InChI is InChI=1S/C10H14N5O7P.Na/c11-10-13-8-7(9(17)14-10)12-3-15(8)6-1-4(16)5(22-6)2-21-23(18,19)20;/h3-6,16H,1-2H2,(H2,18,19,20)(H3,11,13,14,17);/q;+1/p-1/t4-,5+,6+;/m0./s1. The number of rotatable bonds is 4. The van der Waals surface area contributed by atoms with Crippen LogP contribution >= 0.6 is 7.82 Å². The van der Waals surface area contributed by atoms with Gasteiger partial charge in [-0.15, -0.1) is 0 Å². The van der Waals surface area contributed by atoms with Gasteiger partial charge >= 0.3 is 37.4 Å². The van der Waals surface area contributed by atoms with E-state index >= 15 is 0 Å². The molecule has 1 aliphatic rings. The zero-order valence-corrected chi connectivity index (χ0v) is 15.4. The number of nitrogen functional groups attached to an aromatic ring is 1. The Bertz CT molecular complexity index is 782. The second-order valence-electron chi connectivity index (χ2n) is 4.93. The molecule has 1 fully saturated rings. The molecule has 2 aromatic rings. The number of anilines is 1. The molecule has 14 heteroatoms. The second kappa shape index (κ2) is 7.20. The largest absolute Gasteiger partial charge is 1.00 e. The molecular weight excluding hydrogens is 356 g/mol. The second-order valence-corrected chi connectivity index (χ2v) is 6.17. The minimum absolute atomic E-state index is 0. The van der Waals surface area contributed by atoms with E-state index in [-0.39, 0.29) is 53.1 Å². The minimum atomic E-state index is -4.67. The topological polar surface area (TPSA) is 189 Å². The van der Waals surface area contributed by atoms with Crippen LogP contribution in [0.25, 0.3) is 11.2 Å². The molecule has 12 nitrogen and oxygen atoms in total. The molecule has 1 saturated heterocycles. The Kier molecular flexibility index (Phi) is 5.85. The van der Waals surface area contributed by atoms with Crippen molar-refractivity contribution in [2.75, 3.05) is 12.3 Å². The fourth-order valence-corrected chi connectivity index (χ4v) is 2.66. The smallest absolute Gasteiger partial charge is 0.857 e. The van der Waals surface area contributed by atoms with Crippen molar-refractivity contribution in [1.82, 2.24) is 19.5 Å². The Morgan fingerprint density at radius 1 is 1.50 bits per heavy atom. The van der Waals surface area contributed by atoms with E-state index in [1.807, 2.05) is 0 Å². The first-order valence-electron chi connectivity index (χ1n) is 6.45. The van der Waals surface area contributed by atoms with E-state index in [0.29, 0.717) is 0 Å². The monoisotopic (exact) mass is 369 g/mol. The zero-order valence-electron chi connectivity index (χ0n) is 12.5. The number of phosphoric acid groups is 1. The SMILES string of the molecule is Nc1nc([O-])c2ncn([C@H]3C[C@H](O)[C@@H](COP(=O)(O)O)O3)c2n1.[Na+]. The minimum Gasteiger partial charge on any atom is -0.857 e. The van der Waals surface area contributed by atoms with Gasteiger partial charge in [-0.2, -0.15) is 4.98 Å². The third-order valence-corrected chi connectivity index (χ3v) is 3.81.